The molecule has 78 valence electrons. The highest BCUT2D eigenvalue weighted by atomic mass is 15.1. The van der Waals surface area contributed by atoms with E-state index in [1.165, 1.54) is 5.56 Å². The van der Waals surface area contributed by atoms with Gasteiger partial charge in [0, 0.05) is 25.8 Å². The van der Waals surface area contributed by atoms with Crippen LogP contribution in [0.2, 0.25) is 0 Å². The highest BCUT2D eigenvalue weighted by molar-refractivity contribution is 5.43. The molecule has 0 amide bonds. The molecule has 0 saturated carbocycles. The molecule has 1 rings (SSSR count). The second kappa shape index (κ2) is 4.42. The molecule has 0 saturated heterocycles. The number of aryl methyl sites for hydroxylation is 1. The Labute approximate surface area is 85.9 Å². The van der Waals surface area contributed by atoms with Crippen molar-refractivity contribution in [3.05, 3.63) is 23.4 Å². The van der Waals surface area contributed by atoms with E-state index in [9.17, 15) is 0 Å². The van der Waals surface area contributed by atoms with Gasteiger partial charge in [0.2, 0.25) is 0 Å². The lowest BCUT2D eigenvalue weighted by Crippen LogP contribution is -2.18. The molecular weight excluding hydrogens is 174 g/mol. The first-order chi connectivity index (χ1) is 6.56. The molecule has 1 atom stereocenters. The number of nitrogens with zero attached hydrogens (tertiary/aromatic N) is 2. The number of pyridine rings is 1. The fraction of sp³-hybridized carbons (Fsp3) is 0.545. The number of hydrogen-bond donors (Lipinski definition) is 1. The van der Waals surface area contributed by atoms with Crippen LogP contribution in [0.5, 0.6) is 0 Å². The Bertz CT molecular complexity index is 307. The van der Waals surface area contributed by atoms with Gasteiger partial charge in [-0.1, -0.05) is 0 Å². The summed E-state index contributed by atoms with van der Waals surface area (Å²) in [6.45, 7) is 7.13. The van der Waals surface area contributed by atoms with Crippen LogP contribution < -0.4 is 10.6 Å². The van der Waals surface area contributed by atoms with Crippen LogP contribution >= 0.6 is 0 Å². The predicted octanol–water partition coefficient (Wildman–Crippen LogP) is 1.87. The van der Waals surface area contributed by atoms with E-state index >= 15 is 0 Å². The van der Waals surface area contributed by atoms with Crippen LogP contribution in [0.15, 0.2) is 12.3 Å². The molecule has 1 heterocycles. The summed E-state index contributed by atoms with van der Waals surface area (Å²) in [7, 11) is 2.04. The third kappa shape index (κ3) is 2.23. The van der Waals surface area contributed by atoms with Crippen molar-refractivity contribution in [1.82, 2.24) is 4.98 Å². The van der Waals surface area contributed by atoms with Crippen molar-refractivity contribution in [3.8, 4) is 0 Å². The maximum Gasteiger partial charge on any atom is 0.128 e. The first kappa shape index (κ1) is 11.0. The summed E-state index contributed by atoms with van der Waals surface area (Å²) < 4.78 is 0. The quantitative estimate of drug-likeness (QED) is 0.796. The van der Waals surface area contributed by atoms with Crippen molar-refractivity contribution in [1.29, 1.82) is 0 Å². The van der Waals surface area contributed by atoms with Crippen molar-refractivity contribution in [2.45, 2.75) is 26.8 Å². The van der Waals surface area contributed by atoms with Crippen LogP contribution in [-0.4, -0.2) is 18.6 Å². The number of rotatable bonds is 3. The molecule has 0 aliphatic carbocycles. The fourth-order valence-electron chi connectivity index (χ4n) is 1.40. The summed E-state index contributed by atoms with van der Waals surface area (Å²) in [5.74, 6) is 1.01. The number of hydrogen-bond acceptors (Lipinski definition) is 3. The summed E-state index contributed by atoms with van der Waals surface area (Å²) in [5.41, 5.74) is 8.16. The lowest BCUT2D eigenvalue weighted by Gasteiger charge is -2.18. The van der Waals surface area contributed by atoms with E-state index in [1.54, 1.807) is 0 Å². The molecule has 0 bridgehead atoms. The monoisotopic (exact) mass is 193 g/mol. The van der Waals surface area contributed by atoms with Gasteiger partial charge in [0.1, 0.15) is 5.82 Å². The average Bonchev–Trinajstić information content (AvgIpc) is 2.15. The highest BCUT2D eigenvalue weighted by Gasteiger charge is 2.06. The van der Waals surface area contributed by atoms with Crippen LogP contribution in [0.3, 0.4) is 0 Å². The molecule has 14 heavy (non-hydrogen) atoms. The molecular formula is C11H19N3. The van der Waals surface area contributed by atoms with E-state index in [1.807, 2.05) is 20.2 Å². The molecule has 0 fully saturated rings. The maximum absolute atomic E-state index is 5.82. The van der Waals surface area contributed by atoms with E-state index in [2.05, 4.69) is 29.8 Å². The fourth-order valence-corrected chi connectivity index (χ4v) is 1.40. The zero-order valence-electron chi connectivity index (χ0n) is 9.41. The van der Waals surface area contributed by atoms with Crippen molar-refractivity contribution >= 4 is 5.82 Å². The molecule has 0 aromatic carbocycles. The normalized spacial score (nSPS) is 12.6. The summed E-state index contributed by atoms with van der Waals surface area (Å²) >= 11 is 0. The Morgan fingerprint density at radius 2 is 2.21 bits per heavy atom. The molecule has 0 spiro atoms. The van der Waals surface area contributed by atoms with Crippen LogP contribution in [0.1, 0.15) is 31.0 Å². The van der Waals surface area contributed by atoms with Gasteiger partial charge >= 0.3 is 0 Å². The second-order valence-corrected chi connectivity index (χ2v) is 3.70. The SMILES string of the molecule is CCN(C)c1cc(C)c(C(C)N)cn1. The number of nitrogens with two attached hydrogens (primary N) is 1. The van der Waals surface area contributed by atoms with Gasteiger partial charge in [-0.3, -0.25) is 0 Å². The molecule has 2 N–H and O–H groups in total. The average molecular weight is 193 g/mol. The van der Waals surface area contributed by atoms with Crippen molar-refractivity contribution in [2.75, 3.05) is 18.5 Å². The largest absolute Gasteiger partial charge is 0.360 e. The van der Waals surface area contributed by atoms with Crippen molar-refractivity contribution in [2.24, 2.45) is 5.73 Å². The molecule has 0 aliphatic rings. The molecule has 3 heteroatoms. The topological polar surface area (TPSA) is 42.1 Å². The van der Waals surface area contributed by atoms with Crippen molar-refractivity contribution in [3.63, 3.8) is 0 Å². The number of anilines is 1. The molecule has 1 aromatic heterocycles. The third-order valence-corrected chi connectivity index (χ3v) is 2.49. The zero-order chi connectivity index (χ0) is 10.7. The molecule has 0 aliphatic heterocycles. The van der Waals surface area contributed by atoms with Gasteiger partial charge < -0.3 is 10.6 Å². The van der Waals surface area contributed by atoms with Gasteiger partial charge in [-0.25, -0.2) is 4.98 Å². The summed E-state index contributed by atoms with van der Waals surface area (Å²) in [4.78, 5) is 6.49. The van der Waals surface area contributed by atoms with E-state index < -0.39 is 0 Å². The predicted molar refractivity (Wildman–Crippen MR) is 60.5 cm³/mol. The third-order valence-electron chi connectivity index (χ3n) is 2.49. The molecule has 1 aromatic rings. The Hall–Kier alpha value is -1.09. The Balaban J connectivity index is 3.00. The minimum Gasteiger partial charge on any atom is -0.360 e. The zero-order valence-corrected chi connectivity index (χ0v) is 9.41. The van der Waals surface area contributed by atoms with Crippen LogP contribution in [0, 0.1) is 6.92 Å². The van der Waals surface area contributed by atoms with E-state index in [4.69, 9.17) is 5.73 Å². The van der Waals surface area contributed by atoms with Crippen LogP contribution in [0.4, 0.5) is 5.82 Å². The summed E-state index contributed by atoms with van der Waals surface area (Å²) in [6.07, 6.45) is 1.88. The van der Waals surface area contributed by atoms with E-state index in [-0.39, 0.29) is 6.04 Å². The van der Waals surface area contributed by atoms with Gasteiger partial charge in [0.25, 0.3) is 0 Å². The van der Waals surface area contributed by atoms with Gasteiger partial charge in [0.05, 0.1) is 0 Å². The lowest BCUT2D eigenvalue weighted by atomic mass is 10.1. The summed E-state index contributed by atoms with van der Waals surface area (Å²) in [5, 5.41) is 0. The van der Waals surface area contributed by atoms with Gasteiger partial charge in [-0.05, 0) is 38.0 Å². The second-order valence-electron chi connectivity index (χ2n) is 3.70. The Kier molecular flexibility index (Phi) is 3.47. The van der Waals surface area contributed by atoms with Gasteiger partial charge in [0.15, 0.2) is 0 Å². The maximum atomic E-state index is 5.82. The van der Waals surface area contributed by atoms with Crippen LogP contribution in [0.25, 0.3) is 0 Å². The number of aromatic nitrogens is 1. The Morgan fingerprint density at radius 3 is 2.64 bits per heavy atom. The minimum atomic E-state index is 0.0588. The van der Waals surface area contributed by atoms with Crippen LogP contribution in [-0.2, 0) is 0 Å². The molecule has 3 nitrogen and oxygen atoms in total. The van der Waals surface area contributed by atoms with Gasteiger partial charge in [-0.15, -0.1) is 0 Å². The lowest BCUT2D eigenvalue weighted by molar-refractivity contribution is 0.799. The first-order valence-electron chi connectivity index (χ1n) is 4.99. The molecule has 0 radical (unpaired) electrons. The Morgan fingerprint density at radius 1 is 1.57 bits per heavy atom. The highest BCUT2D eigenvalue weighted by Crippen LogP contribution is 2.18. The standard InChI is InChI=1S/C11H19N3/c1-5-14(4)11-6-8(2)10(7-13-11)9(3)12/h6-7,9H,5,12H2,1-4H3. The van der Waals surface area contributed by atoms with Gasteiger partial charge in [-0.2, -0.15) is 0 Å². The van der Waals surface area contributed by atoms with E-state index in [0.717, 1.165) is 17.9 Å². The smallest absolute Gasteiger partial charge is 0.128 e. The first-order valence-corrected chi connectivity index (χ1v) is 4.99. The minimum absolute atomic E-state index is 0.0588. The van der Waals surface area contributed by atoms with Crippen molar-refractivity contribution < 1.29 is 0 Å². The van der Waals surface area contributed by atoms with E-state index in [0.29, 0.717) is 0 Å². The summed E-state index contributed by atoms with van der Waals surface area (Å²) in [6, 6.07) is 2.14. The molecule has 1 unspecified atom stereocenters.